The maximum atomic E-state index is 11.6. The molecule has 0 aliphatic carbocycles. The summed E-state index contributed by atoms with van der Waals surface area (Å²) in [6.45, 7) is 0.583. The van der Waals surface area contributed by atoms with Gasteiger partial charge in [-0.1, -0.05) is 30.3 Å². The number of benzene rings is 1. The summed E-state index contributed by atoms with van der Waals surface area (Å²) in [5.74, 6) is 0. The predicted octanol–water partition coefficient (Wildman–Crippen LogP) is 0.944. The fourth-order valence-corrected chi connectivity index (χ4v) is 2.49. The van der Waals surface area contributed by atoms with Gasteiger partial charge >= 0.3 is 0 Å². The maximum Gasteiger partial charge on any atom is 0.275 e. The lowest BCUT2D eigenvalue weighted by Crippen LogP contribution is -2.34. The largest absolute Gasteiger partial charge is 0.395 e. The number of aromatic amines is 2. The SMILES string of the molecule is O=c1[nH]cnc2c(CNC(CO)Cc3ccccc3)c[nH]c12. The second kappa shape index (κ2) is 6.55. The van der Waals surface area contributed by atoms with E-state index in [2.05, 4.69) is 20.3 Å². The van der Waals surface area contributed by atoms with E-state index in [0.29, 0.717) is 17.6 Å². The molecule has 0 aliphatic heterocycles. The summed E-state index contributed by atoms with van der Waals surface area (Å²) in [7, 11) is 0. The summed E-state index contributed by atoms with van der Waals surface area (Å²) in [4.78, 5) is 21.3. The zero-order chi connectivity index (χ0) is 15.4. The molecule has 0 radical (unpaired) electrons. The molecule has 0 spiro atoms. The van der Waals surface area contributed by atoms with Crippen LogP contribution in [0.5, 0.6) is 0 Å². The van der Waals surface area contributed by atoms with Gasteiger partial charge in [0.2, 0.25) is 0 Å². The van der Waals surface area contributed by atoms with Gasteiger partial charge in [-0.05, 0) is 12.0 Å². The smallest absolute Gasteiger partial charge is 0.275 e. The molecule has 114 valence electrons. The number of aromatic nitrogens is 3. The van der Waals surface area contributed by atoms with E-state index < -0.39 is 0 Å². The lowest BCUT2D eigenvalue weighted by atomic mass is 10.1. The molecular formula is C16H18N4O2. The maximum absolute atomic E-state index is 11.6. The summed E-state index contributed by atoms with van der Waals surface area (Å²) >= 11 is 0. The number of hydrogen-bond acceptors (Lipinski definition) is 4. The zero-order valence-corrected chi connectivity index (χ0v) is 12.0. The van der Waals surface area contributed by atoms with Crippen LogP contribution in [0.1, 0.15) is 11.1 Å². The Balaban J connectivity index is 1.69. The molecule has 1 unspecified atom stereocenters. The Labute approximate surface area is 127 Å². The molecule has 0 bridgehead atoms. The van der Waals surface area contributed by atoms with Crippen molar-refractivity contribution in [3.05, 3.63) is 64.3 Å². The van der Waals surface area contributed by atoms with Gasteiger partial charge in [0, 0.05) is 24.3 Å². The quantitative estimate of drug-likeness (QED) is 0.545. The summed E-state index contributed by atoms with van der Waals surface area (Å²) in [5, 5.41) is 12.8. The molecule has 0 aliphatic rings. The molecular weight excluding hydrogens is 280 g/mol. The van der Waals surface area contributed by atoms with Crippen molar-refractivity contribution < 1.29 is 5.11 Å². The van der Waals surface area contributed by atoms with E-state index in [-0.39, 0.29) is 18.2 Å². The van der Waals surface area contributed by atoms with Crippen LogP contribution in [0.2, 0.25) is 0 Å². The topological polar surface area (TPSA) is 93.8 Å². The van der Waals surface area contributed by atoms with Crippen molar-refractivity contribution in [2.24, 2.45) is 0 Å². The predicted molar refractivity (Wildman–Crippen MR) is 84.6 cm³/mol. The van der Waals surface area contributed by atoms with Gasteiger partial charge in [0.15, 0.2) is 0 Å². The van der Waals surface area contributed by atoms with Crippen molar-refractivity contribution in [3.8, 4) is 0 Å². The third kappa shape index (κ3) is 3.08. The van der Waals surface area contributed by atoms with Gasteiger partial charge in [-0.3, -0.25) is 4.79 Å². The number of nitrogens with zero attached hydrogens (tertiary/aromatic N) is 1. The highest BCUT2D eigenvalue weighted by Crippen LogP contribution is 2.12. The second-order valence-corrected chi connectivity index (χ2v) is 5.22. The number of aliphatic hydroxyl groups excluding tert-OH is 1. The first-order chi connectivity index (χ1) is 10.8. The van der Waals surface area contributed by atoms with Crippen LogP contribution in [0.25, 0.3) is 11.0 Å². The summed E-state index contributed by atoms with van der Waals surface area (Å²) in [6, 6.07) is 9.97. The number of H-pyrrole nitrogens is 2. The molecule has 6 heteroatoms. The molecule has 2 heterocycles. The molecule has 0 amide bonds. The third-order valence-corrected chi connectivity index (χ3v) is 3.67. The first-order valence-electron chi connectivity index (χ1n) is 7.19. The molecule has 6 nitrogen and oxygen atoms in total. The zero-order valence-electron chi connectivity index (χ0n) is 12.0. The minimum Gasteiger partial charge on any atom is -0.395 e. The Kier molecular flexibility index (Phi) is 4.32. The minimum atomic E-state index is -0.181. The fraction of sp³-hybridized carbons (Fsp3) is 0.250. The van der Waals surface area contributed by atoms with E-state index in [0.717, 1.165) is 12.0 Å². The van der Waals surface area contributed by atoms with Crippen LogP contribution >= 0.6 is 0 Å². The Hall–Kier alpha value is -2.44. The van der Waals surface area contributed by atoms with E-state index in [1.165, 1.54) is 11.9 Å². The molecule has 0 fully saturated rings. The second-order valence-electron chi connectivity index (χ2n) is 5.22. The first-order valence-corrected chi connectivity index (χ1v) is 7.19. The van der Waals surface area contributed by atoms with Crippen LogP contribution in [-0.4, -0.2) is 32.7 Å². The van der Waals surface area contributed by atoms with Crippen LogP contribution in [-0.2, 0) is 13.0 Å². The molecule has 0 saturated heterocycles. The van der Waals surface area contributed by atoms with Crippen molar-refractivity contribution in [1.29, 1.82) is 0 Å². The molecule has 22 heavy (non-hydrogen) atoms. The molecule has 1 atom stereocenters. The number of aliphatic hydroxyl groups is 1. The summed E-state index contributed by atoms with van der Waals surface area (Å²) < 4.78 is 0. The monoisotopic (exact) mass is 298 g/mol. The van der Waals surface area contributed by atoms with Gasteiger partial charge in [-0.15, -0.1) is 0 Å². The van der Waals surface area contributed by atoms with Crippen LogP contribution in [0.15, 0.2) is 47.7 Å². The van der Waals surface area contributed by atoms with Crippen LogP contribution in [0.4, 0.5) is 0 Å². The highest BCUT2D eigenvalue weighted by Gasteiger charge is 2.11. The molecule has 4 N–H and O–H groups in total. The Morgan fingerprint density at radius 1 is 1.23 bits per heavy atom. The van der Waals surface area contributed by atoms with Gasteiger partial charge in [0.1, 0.15) is 5.52 Å². The Morgan fingerprint density at radius 3 is 2.82 bits per heavy atom. The van der Waals surface area contributed by atoms with Crippen molar-refractivity contribution in [2.75, 3.05) is 6.61 Å². The van der Waals surface area contributed by atoms with Crippen molar-refractivity contribution in [3.63, 3.8) is 0 Å². The lowest BCUT2D eigenvalue weighted by Gasteiger charge is -2.16. The molecule has 3 rings (SSSR count). The van der Waals surface area contributed by atoms with Crippen molar-refractivity contribution in [1.82, 2.24) is 20.3 Å². The number of fused-ring (bicyclic) bond motifs is 1. The molecule has 1 aromatic carbocycles. The highest BCUT2D eigenvalue weighted by molar-refractivity contribution is 5.77. The molecule has 0 saturated carbocycles. The average Bonchev–Trinajstić information content (AvgIpc) is 2.97. The third-order valence-electron chi connectivity index (χ3n) is 3.67. The van der Waals surface area contributed by atoms with E-state index in [9.17, 15) is 9.90 Å². The number of hydrogen-bond donors (Lipinski definition) is 4. The van der Waals surface area contributed by atoms with Crippen LogP contribution < -0.4 is 10.9 Å². The molecule has 2 aromatic heterocycles. The number of rotatable bonds is 6. The normalized spacial score (nSPS) is 12.6. The molecule has 3 aromatic rings. The Morgan fingerprint density at radius 2 is 2.05 bits per heavy atom. The van der Waals surface area contributed by atoms with Crippen LogP contribution in [0, 0.1) is 0 Å². The lowest BCUT2D eigenvalue weighted by molar-refractivity contribution is 0.241. The summed E-state index contributed by atoms with van der Waals surface area (Å²) in [5.41, 5.74) is 3.03. The van der Waals surface area contributed by atoms with Gasteiger partial charge < -0.3 is 20.4 Å². The van der Waals surface area contributed by atoms with Crippen LogP contribution in [0.3, 0.4) is 0 Å². The van der Waals surface area contributed by atoms with Crippen molar-refractivity contribution >= 4 is 11.0 Å². The first kappa shape index (κ1) is 14.5. The summed E-state index contributed by atoms with van der Waals surface area (Å²) in [6.07, 6.45) is 3.92. The Bertz CT molecular complexity index is 795. The standard InChI is InChI=1S/C16H18N4O2/c21-9-13(6-11-4-2-1-3-5-11)17-7-12-8-18-15-14(12)19-10-20-16(15)22/h1-5,8,10,13,17-18,21H,6-7,9H2,(H,19,20,22). The highest BCUT2D eigenvalue weighted by atomic mass is 16.3. The van der Waals surface area contributed by atoms with E-state index in [1.54, 1.807) is 6.20 Å². The van der Waals surface area contributed by atoms with E-state index in [1.807, 2.05) is 30.3 Å². The van der Waals surface area contributed by atoms with Gasteiger partial charge in [-0.25, -0.2) is 4.98 Å². The minimum absolute atomic E-state index is 0.0469. The van der Waals surface area contributed by atoms with E-state index >= 15 is 0 Å². The van der Waals surface area contributed by atoms with Crippen molar-refractivity contribution in [2.45, 2.75) is 19.0 Å². The van der Waals surface area contributed by atoms with Gasteiger partial charge in [-0.2, -0.15) is 0 Å². The van der Waals surface area contributed by atoms with E-state index in [4.69, 9.17) is 0 Å². The van der Waals surface area contributed by atoms with Gasteiger partial charge in [0.25, 0.3) is 5.56 Å². The average molecular weight is 298 g/mol. The van der Waals surface area contributed by atoms with Gasteiger partial charge in [0.05, 0.1) is 18.5 Å². The number of nitrogens with one attached hydrogen (secondary N) is 3. The fourth-order valence-electron chi connectivity index (χ4n) is 2.49.